The Labute approximate surface area is 338 Å². The van der Waals surface area contributed by atoms with Crippen LogP contribution >= 0.6 is 0 Å². The molecule has 4 aromatic carbocycles. The Morgan fingerprint density at radius 2 is 1.48 bits per heavy atom. The predicted molar refractivity (Wildman–Crippen MR) is 214 cm³/mol. The van der Waals surface area contributed by atoms with Crippen molar-refractivity contribution in [2.24, 2.45) is 11.8 Å². The number of hydrogen-bond acceptors (Lipinski definition) is 3. The predicted octanol–water partition coefficient (Wildman–Crippen LogP) is 10.7. The molecule has 4 aromatic heterocycles. The molecule has 6 nitrogen and oxygen atoms in total. The molecule has 0 saturated carbocycles. The van der Waals surface area contributed by atoms with Crippen LogP contribution in [0.5, 0.6) is 11.5 Å². The molecule has 0 aliphatic carbocycles. The maximum Gasteiger partial charge on any atom is 0.268 e. The van der Waals surface area contributed by atoms with E-state index >= 15 is 0 Å². The number of hydrogen-bond donors (Lipinski definition) is 0. The fraction of sp³-hybridized carbons (Fsp3) is 0.255. The quantitative estimate of drug-likeness (QED) is 0.107. The minimum absolute atomic E-state index is 0. The average Bonchev–Trinajstić information content (AvgIpc) is 3.73. The molecule has 0 unspecified atom stereocenters. The average molecular weight is 895 g/mol. The van der Waals surface area contributed by atoms with Gasteiger partial charge in [0.25, 0.3) is 6.33 Å². The van der Waals surface area contributed by atoms with Crippen molar-refractivity contribution < 1.29 is 35.9 Å². The minimum atomic E-state index is -1.69. The van der Waals surface area contributed by atoms with Gasteiger partial charge < -0.3 is 18.9 Å². The molecule has 0 aliphatic rings. The number of fused-ring (bicyclic) bond motifs is 4. The molecule has 0 amide bonds. The molecule has 0 atom stereocenters. The molecule has 0 saturated heterocycles. The number of rotatable bonds is 9. The van der Waals surface area contributed by atoms with Crippen molar-refractivity contribution >= 4 is 32.8 Å². The molecule has 0 fully saturated rings. The van der Waals surface area contributed by atoms with E-state index in [0.717, 1.165) is 38.7 Å². The van der Waals surface area contributed by atoms with Crippen molar-refractivity contribution in [2.45, 2.75) is 66.6 Å². The number of imidazole rings is 1. The van der Waals surface area contributed by atoms with Crippen LogP contribution < -0.4 is 9.30 Å². The summed E-state index contributed by atoms with van der Waals surface area (Å²) in [4.78, 5) is 9.33. The van der Waals surface area contributed by atoms with Gasteiger partial charge in [-0.2, -0.15) is 6.07 Å². The second-order valence-corrected chi connectivity index (χ2v) is 15.1. The van der Waals surface area contributed by atoms with Crippen molar-refractivity contribution in [1.82, 2.24) is 19.1 Å². The second-order valence-electron chi connectivity index (χ2n) is 15.1. The van der Waals surface area contributed by atoms with Crippen molar-refractivity contribution in [3.05, 3.63) is 145 Å². The van der Waals surface area contributed by atoms with E-state index in [1.54, 1.807) is 30.6 Å². The van der Waals surface area contributed by atoms with Gasteiger partial charge in [-0.25, -0.2) is 4.98 Å². The van der Waals surface area contributed by atoms with Gasteiger partial charge >= 0.3 is 0 Å². The summed E-state index contributed by atoms with van der Waals surface area (Å²) in [5.74, 6) is 1.02. The number of para-hydroxylation sites is 3. The molecule has 8 rings (SSSR count). The van der Waals surface area contributed by atoms with Gasteiger partial charge in [0.2, 0.25) is 0 Å². The Morgan fingerprint density at radius 1 is 0.778 bits per heavy atom. The summed E-state index contributed by atoms with van der Waals surface area (Å²) < 4.78 is 48.1. The summed E-state index contributed by atoms with van der Waals surface area (Å²) >= 11 is 0. The topological polar surface area (TPSA) is 48.8 Å². The molecule has 8 aromatic rings. The fourth-order valence-corrected chi connectivity index (χ4v) is 6.83. The Bertz CT molecular complexity index is 2760. The number of pyridine rings is 2. The van der Waals surface area contributed by atoms with Crippen molar-refractivity contribution in [3.8, 4) is 28.7 Å². The standard InChI is InChI=1S/C47H45N5O.Pt/c1-31(2)20-33-22-34(21-32(3)4)24-36(23-33)50-30-51(44-15-11-10-14-43(44)50)37-26-39(29-48-28-37)53-38-16-17-41-40-12-8-9-13-42(40)52(45(41)27-38)46-25-35(18-19-49-46)47(5,6)7;/h8-19,22-25,28-29,31-32H,20-21H2,1-7H3;/q-2;/i20D2,21D2;. The zero-order valence-corrected chi connectivity index (χ0v) is 33.8. The Balaban J connectivity index is 0.00000512. The van der Waals surface area contributed by atoms with Crippen LogP contribution in [0.2, 0.25) is 0 Å². The number of ether oxygens (including phenoxy) is 1. The summed E-state index contributed by atoms with van der Waals surface area (Å²) in [5, 5.41) is 2.13. The van der Waals surface area contributed by atoms with Crippen LogP contribution in [-0.2, 0) is 39.2 Å². The van der Waals surface area contributed by atoms with Crippen LogP contribution in [0.4, 0.5) is 0 Å². The third-order valence-corrected chi connectivity index (χ3v) is 9.15. The van der Waals surface area contributed by atoms with E-state index < -0.39 is 12.7 Å². The van der Waals surface area contributed by atoms with E-state index in [9.17, 15) is 0 Å². The van der Waals surface area contributed by atoms with Crippen LogP contribution in [0.25, 0.3) is 50.0 Å². The third-order valence-electron chi connectivity index (χ3n) is 9.15. The van der Waals surface area contributed by atoms with Crippen LogP contribution in [0.1, 0.15) is 70.6 Å². The smallest absolute Gasteiger partial charge is 0.268 e. The summed E-state index contributed by atoms with van der Waals surface area (Å²) in [6, 6.07) is 36.4. The molecule has 0 bridgehead atoms. The van der Waals surface area contributed by atoms with Crippen LogP contribution in [-0.4, -0.2) is 19.1 Å². The summed E-state index contributed by atoms with van der Waals surface area (Å²) in [6.45, 7) is 13.9. The molecular weight excluding hydrogens is 846 g/mol. The van der Waals surface area contributed by atoms with Gasteiger partial charge in [-0.15, -0.1) is 23.6 Å². The van der Waals surface area contributed by atoms with Crippen molar-refractivity contribution in [2.75, 3.05) is 0 Å². The van der Waals surface area contributed by atoms with Crippen LogP contribution in [0.15, 0.2) is 110 Å². The molecule has 0 radical (unpaired) electrons. The largest absolute Gasteiger partial charge is 0.508 e. The summed E-state index contributed by atoms with van der Waals surface area (Å²) in [7, 11) is 0. The second kappa shape index (κ2) is 15.0. The molecule has 0 N–H and O–H groups in total. The zero-order valence-electron chi connectivity index (χ0n) is 35.5. The van der Waals surface area contributed by atoms with Gasteiger partial charge in [-0.05, 0) is 83.2 Å². The maximum atomic E-state index is 8.95. The Kier molecular flexibility index (Phi) is 8.99. The van der Waals surface area contributed by atoms with Crippen LogP contribution in [0, 0.1) is 30.3 Å². The Hall–Kier alpha value is -5.06. The SMILES string of the molecule is [2H]C([2H])(c1cc(-[n+]2[c-]n(-c3[c-]c(Oc4[c-]c5c(cc4)c4ccccc4n5-c4cc(C(C)(C)C)ccn4)cnc3)c3ccccc32)cc(C([2H])([2H])C(C)C)c1)C(C)C.[Pt]. The van der Waals surface area contributed by atoms with E-state index in [1.165, 1.54) is 5.56 Å². The van der Waals surface area contributed by atoms with Gasteiger partial charge in [0.05, 0.1) is 16.7 Å². The first kappa shape index (κ1) is 32.4. The van der Waals surface area contributed by atoms with Crippen molar-refractivity contribution in [1.29, 1.82) is 0 Å². The van der Waals surface area contributed by atoms with Gasteiger partial charge in [-0.3, -0.25) is 4.57 Å². The monoisotopic (exact) mass is 894 g/mol. The minimum Gasteiger partial charge on any atom is -0.508 e. The maximum absolute atomic E-state index is 8.95. The first-order valence-electron chi connectivity index (χ1n) is 20.1. The van der Waals surface area contributed by atoms with Gasteiger partial charge in [0, 0.05) is 49.8 Å². The van der Waals surface area contributed by atoms with E-state index in [2.05, 4.69) is 73.0 Å². The molecular formula is C47H45N5OPt-2. The molecule has 4 heterocycles. The molecule has 276 valence electrons. The molecule has 0 spiro atoms. The first-order valence-corrected chi connectivity index (χ1v) is 18.1. The zero-order chi connectivity index (χ0) is 40.4. The number of aromatic nitrogens is 5. The normalized spacial score (nSPS) is 13.6. The number of benzene rings is 4. The van der Waals surface area contributed by atoms with Gasteiger partial charge in [0.1, 0.15) is 5.82 Å². The number of nitrogens with zero attached hydrogens (tertiary/aromatic N) is 5. The van der Waals surface area contributed by atoms with E-state index in [1.807, 2.05) is 91.6 Å². The van der Waals surface area contributed by atoms with E-state index in [0.29, 0.717) is 34.0 Å². The summed E-state index contributed by atoms with van der Waals surface area (Å²) in [5.41, 5.74) is 6.61. The van der Waals surface area contributed by atoms with E-state index in [4.69, 9.17) is 15.2 Å². The fourth-order valence-electron chi connectivity index (χ4n) is 6.83. The Morgan fingerprint density at radius 3 is 2.20 bits per heavy atom. The molecule has 7 heteroatoms. The first-order chi connectivity index (χ1) is 27.0. The molecule has 54 heavy (non-hydrogen) atoms. The van der Waals surface area contributed by atoms with E-state index in [-0.39, 0.29) is 38.3 Å². The van der Waals surface area contributed by atoms with Gasteiger partial charge in [0.15, 0.2) is 0 Å². The van der Waals surface area contributed by atoms with Crippen molar-refractivity contribution in [3.63, 3.8) is 0 Å². The third kappa shape index (κ3) is 7.37. The molecule has 0 aliphatic heterocycles. The summed E-state index contributed by atoms with van der Waals surface area (Å²) in [6.07, 6.45) is 5.23. The van der Waals surface area contributed by atoms with Gasteiger partial charge in [-0.1, -0.05) is 120 Å². The van der Waals surface area contributed by atoms with Crippen LogP contribution in [0.3, 0.4) is 0 Å².